The first-order valence-electron chi connectivity index (χ1n) is 13.2. The number of sulfone groups is 1. The molecule has 12 heteroatoms. The van der Waals surface area contributed by atoms with E-state index in [2.05, 4.69) is 11.6 Å². The number of nitrogens with zero attached hydrogens (tertiary/aromatic N) is 2. The molecular weight excluding hydrogens is 582 g/mol. The van der Waals surface area contributed by atoms with Gasteiger partial charge >= 0.3 is 12.4 Å². The fourth-order valence-electron chi connectivity index (χ4n) is 5.13. The number of carbonyl (C=O) groups excluding carboxylic acids is 1. The number of alkyl halides is 6. The van der Waals surface area contributed by atoms with Crippen LogP contribution in [0.25, 0.3) is 5.57 Å². The summed E-state index contributed by atoms with van der Waals surface area (Å²) in [6.07, 6.45) is -5.75. The van der Waals surface area contributed by atoms with E-state index in [0.717, 1.165) is 30.4 Å². The summed E-state index contributed by atoms with van der Waals surface area (Å²) in [5.74, 6) is -1.12. The van der Waals surface area contributed by atoms with Gasteiger partial charge in [0.1, 0.15) is 0 Å². The van der Waals surface area contributed by atoms with Crippen molar-refractivity contribution in [3.63, 3.8) is 0 Å². The van der Waals surface area contributed by atoms with Gasteiger partial charge in [-0.3, -0.25) is 9.78 Å². The predicted molar refractivity (Wildman–Crippen MR) is 148 cm³/mol. The highest BCUT2D eigenvalue weighted by molar-refractivity contribution is 7.92. The van der Waals surface area contributed by atoms with Crippen molar-refractivity contribution in [2.75, 3.05) is 13.1 Å². The van der Waals surface area contributed by atoms with Gasteiger partial charge in [0.25, 0.3) is 5.91 Å². The lowest BCUT2D eigenvalue weighted by Crippen LogP contribution is -2.49. The molecule has 1 aromatic heterocycles. The molecule has 2 heterocycles. The number of piperidine rings is 1. The van der Waals surface area contributed by atoms with Crippen molar-refractivity contribution in [3.05, 3.63) is 89.8 Å². The number of hydrogen-bond acceptors (Lipinski definition) is 4. The highest BCUT2D eigenvalue weighted by Gasteiger charge is 2.47. The van der Waals surface area contributed by atoms with Crippen molar-refractivity contribution in [1.82, 2.24) is 9.88 Å². The van der Waals surface area contributed by atoms with Crippen LogP contribution >= 0.6 is 0 Å². The molecule has 0 bridgehead atoms. The maximum absolute atomic E-state index is 13.7. The van der Waals surface area contributed by atoms with Crippen LogP contribution in [-0.4, -0.2) is 48.2 Å². The number of likely N-dealkylation sites (tertiary alicyclic amines) is 1. The second-order valence-electron chi connectivity index (χ2n) is 10.3. The van der Waals surface area contributed by atoms with Crippen molar-refractivity contribution < 1.29 is 39.6 Å². The van der Waals surface area contributed by atoms with E-state index in [1.165, 1.54) is 31.0 Å². The van der Waals surface area contributed by atoms with Gasteiger partial charge in [-0.05, 0) is 75.4 Å². The Hall–Kier alpha value is -3.41. The molecule has 3 rings (SSSR count). The second kappa shape index (κ2) is 12.4. The normalized spacial score (nSPS) is 17.6. The lowest BCUT2D eigenvalue weighted by molar-refractivity contribution is -0.137. The zero-order valence-corrected chi connectivity index (χ0v) is 24.2. The quantitative estimate of drug-likeness (QED) is 0.176. The summed E-state index contributed by atoms with van der Waals surface area (Å²) in [4.78, 5) is 18.5. The SMILES string of the molecule is C=C(C(=O)N1CCC(C(C)(CC)S(=O)(=O)c2cccc(C(F)(F)F)c2)CC1)/C(=C\C(=C/C)C(F)(F)F)c1ccccn1. The average molecular weight is 615 g/mol. The van der Waals surface area contributed by atoms with Crippen molar-refractivity contribution in [2.24, 2.45) is 5.92 Å². The molecule has 5 nitrogen and oxygen atoms in total. The molecule has 1 saturated heterocycles. The molecule has 1 atom stereocenters. The van der Waals surface area contributed by atoms with Crippen LogP contribution in [0.1, 0.15) is 51.3 Å². The minimum absolute atomic E-state index is 0.0848. The van der Waals surface area contributed by atoms with Crippen LogP contribution < -0.4 is 0 Å². The Labute approximate surface area is 241 Å². The standard InChI is InChI=1S/C30H32F6N2O3S/c1-5-21(29(31,32)33)19-25(26-12-7-8-15-37-26)20(3)27(39)38-16-13-22(14-17-38)28(4,6-2)42(40,41)24-11-9-10-23(18-24)30(34,35)36/h5,7-12,15,18-19,22H,3,6,13-14,16-17H2,1-2,4H3/b21-5+,25-19+. The number of benzene rings is 1. The predicted octanol–water partition coefficient (Wildman–Crippen LogP) is 7.43. The summed E-state index contributed by atoms with van der Waals surface area (Å²) < 4.78 is 106. The molecular formula is C30H32F6N2O3S. The molecule has 1 amide bonds. The topological polar surface area (TPSA) is 67.3 Å². The van der Waals surface area contributed by atoms with Crippen LogP contribution in [0.2, 0.25) is 0 Å². The third-order valence-corrected chi connectivity index (χ3v) is 10.6. The third kappa shape index (κ3) is 6.79. The summed E-state index contributed by atoms with van der Waals surface area (Å²) in [7, 11) is -4.22. The van der Waals surface area contributed by atoms with Crippen LogP contribution in [0.5, 0.6) is 0 Å². The smallest absolute Gasteiger partial charge is 0.339 e. The molecule has 0 saturated carbocycles. The van der Waals surface area contributed by atoms with Gasteiger partial charge in [0.15, 0.2) is 9.84 Å². The maximum Gasteiger partial charge on any atom is 0.416 e. The highest BCUT2D eigenvalue weighted by atomic mass is 32.2. The van der Waals surface area contributed by atoms with Gasteiger partial charge in [-0.2, -0.15) is 26.3 Å². The molecule has 228 valence electrons. The molecule has 1 unspecified atom stereocenters. The summed E-state index contributed by atoms with van der Waals surface area (Å²) in [5, 5.41) is 0. The number of halogens is 6. The van der Waals surface area contributed by atoms with Crippen molar-refractivity contribution in [1.29, 1.82) is 0 Å². The van der Waals surface area contributed by atoms with Crippen LogP contribution in [0, 0.1) is 5.92 Å². The van der Waals surface area contributed by atoms with E-state index in [1.807, 2.05) is 0 Å². The largest absolute Gasteiger partial charge is 0.416 e. The van der Waals surface area contributed by atoms with E-state index in [9.17, 15) is 39.6 Å². The second-order valence-corrected chi connectivity index (χ2v) is 12.7. The molecule has 0 N–H and O–H groups in total. The minimum atomic E-state index is -4.71. The number of amides is 1. The van der Waals surface area contributed by atoms with Crippen LogP contribution in [0.4, 0.5) is 26.3 Å². The zero-order valence-electron chi connectivity index (χ0n) is 23.4. The fourth-order valence-corrected chi connectivity index (χ4v) is 7.26. The minimum Gasteiger partial charge on any atom is -0.339 e. The van der Waals surface area contributed by atoms with Crippen molar-refractivity contribution >= 4 is 21.3 Å². The number of rotatable bonds is 8. The molecule has 0 aliphatic carbocycles. The molecule has 1 aliphatic heterocycles. The zero-order chi connectivity index (χ0) is 31.5. The lowest BCUT2D eigenvalue weighted by atomic mass is 9.83. The van der Waals surface area contributed by atoms with Gasteiger partial charge in [-0.1, -0.05) is 31.7 Å². The van der Waals surface area contributed by atoms with Gasteiger partial charge < -0.3 is 4.90 Å². The molecule has 0 spiro atoms. The average Bonchev–Trinajstić information content (AvgIpc) is 2.96. The monoisotopic (exact) mass is 614 g/mol. The Morgan fingerprint density at radius 1 is 1.07 bits per heavy atom. The van der Waals surface area contributed by atoms with Gasteiger partial charge in [0.2, 0.25) is 0 Å². The van der Waals surface area contributed by atoms with Crippen LogP contribution in [-0.2, 0) is 20.8 Å². The van der Waals surface area contributed by atoms with Gasteiger partial charge in [0.05, 0.1) is 26.5 Å². The van der Waals surface area contributed by atoms with E-state index in [-0.39, 0.29) is 49.2 Å². The first-order valence-corrected chi connectivity index (χ1v) is 14.7. The Bertz CT molecular complexity index is 1470. The van der Waals surface area contributed by atoms with Gasteiger partial charge in [-0.15, -0.1) is 0 Å². The number of carbonyl (C=O) groups is 1. The lowest BCUT2D eigenvalue weighted by Gasteiger charge is -2.42. The number of allylic oxidation sites excluding steroid dienone is 3. The summed E-state index contributed by atoms with van der Waals surface area (Å²) in [6.45, 7) is 8.33. The van der Waals surface area contributed by atoms with Crippen LogP contribution in [0.15, 0.2) is 83.4 Å². The first-order chi connectivity index (χ1) is 19.5. The van der Waals surface area contributed by atoms with E-state index in [0.29, 0.717) is 6.07 Å². The Morgan fingerprint density at radius 2 is 1.71 bits per heavy atom. The number of aromatic nitrogens is 1. The van der Waals surface area contributed by atoms with E-state index in [4.69, 9.17) is 0 Å². The molecule has 0 radical (unpaired) electrons. The van der Waals surface area contributed by atoms with E-state index in [1.54, 1.807) is 19.1 Å². The Balaban J connectivity index is 1.86. The fraction of sp³-hybridized carbons (Fsp3) is 0.400. The number of hydrogen-bond donors (Lipinski definition) is 0. The summed E-state index contributed by atoms with van der Waals surface area (Å²) in [5.41, 5.74) is -2.22. The van der Waals surface area contributed by atoms with Crippen molar-refractivity contribution in [2.45, 2.75) is 62.0 Å². The van der Waals surface area contributed by atoms with Gasteiger partial charge in [0, 0.05) is 30.4 Å². The maximum atomic E-state index is 13.7. The Morgan fingerprint density at radius 3 is 2.21 bits per heavy atom. The molecule has 1 fully saturated rings. The molecule has 42 heavy (non-hydrogen) atoms. The van der Waals surface area contributed by atoms with Gasteiger partial charge in [-0.25, -0.2) is 8.42 Å². The van der Waals surface area contributed by atoms with E-state index >= 15 is 0 Å². The van der Waals surface area contributed by atoms with Crippen LogP contribution in [0.3, 0.4) is 0 Å². The summed E-state index contributed by atoms with van der Waals surface area (Å²) >= 11 is 0. The third-order valence-electron chi connectivity index (χ3n) is 7.90. The number of pyridine rings is 1. The van der Waals surface area contributed by atoms with E-state index < -0.39 is 54.8 Å². The molecule has 1 aliphatic rings. The van der Waals surface area contributed by atoms with Crippen molar-refractivity contribution in [3.8, 4) is 0 Å². The Kier molecular flexibility index (Phi) is 9.81. The molecule has 2 aromatic rings. The highest BCUT2D eigenvalue weighted by Crippen LogP contribution is 2.42. The first kappa shape index (κ1) is 33.1. The molecule has 1 aromatic carbocycles. The summed E-state index contributed by atoms with van der Waals surface area (Å²) in [6, 6.07) is 8.26.